The molecule has 0 saturated heterocycles. The Labute approximate surface area is 161 Å². The van der Waals surface area contributed by atoms with Crippen LogP contribution in [-0.2, 0) is 4.79 Å². The van der Waals surface area contributed by atoms with Crippen LogP contribution < -0.4 is 15.4 Å². The van der Waals surface area contributed by atoms with E-state index in [9.17, 15) is 4.79 Å². The summed E-state index contributed by atoms with van der Waals surface area (Å²) < 4.78 is 5.36. The van der Waals surface area contributed by atoms with Crippen LogP contribution in [0.4, 0.5) is 5.69 Å². The number of hydrogen-bond donors (Lipinski definition) is 2. The molecule has 0 aliphatic heterocycles. The molecule has 0 bridgehead atoms. The fraction of sp³-hybridized carbons (Fsp3) is 0.111. The van der Waals surface area contributed by atoms with E-state index in [0.717, 1.165) is 11.3 Å². The van der Waals surface area contributed by atoms with Crippen LogP contribution in [0.2, 0.25) is 10.0 Å². The second kappa shape index (κ2) is 9.42. The van der Waals surface area contributed by atoms with Gasteiger partial charge in [0.15, 0.2) is 5.11 Å². The molecular formula is C18H16Cl2N2O2S. The van der Waals surface area contributed by atoms with Crippen molar-refractivity contribution in [2.45, 2.75) is 6.92 Å². The predicted octanol–water partition coefficient (Wildman–Crippen LogP) is 4.92. The fourth-order valence-corrected chi connectivity index (χ4v) is 2.48. The molecule has 0 saturated carbocycles. The monoisotopic (exact) mass is 394 g/mol. The maximum absolute atomic E-state index is 11.9. The first-order valence-corrected chi connectivity index (χ1v) is 8.63. The summed E-state index contributed by atoms with van der Waals surface area (Å²) in [6, 6.07) is 12.5. The van der Waals surface area contributed by atoms with E-state index >= 15 is 0 Å². The van der Waals surface area contributed by atoms with Crippen molar-refractivity contribution in [1.82, 2.24) is 5.32 Å². The molecule has 0 radical (unpaired) electrons. The van der Waals surface area contributed by atoms with Crippen LogP contribution in [0.5, 0.6) is 5.75 Å². The molecule has 130 valence electrons. The Morgan fingerprint density at radius 3 is 2.60 bits per heavy atom. The molecular weight excluding hydrogens is 379 g/mol. The van der Waals surface area contributed by atoms with Crippen molar-refractivity contribution in [2.75, 3.05) is 11.9 Å². The van der Waals surface area contributed by atoms with E-state index in [1.54, 1.807) is 24.3 Å². The molecule has 0 heterocycles. The van der Waals surface area contributed by atoms with E-state index in [-0.39, 0.29) is 11.0 Å². The summed E-state index contributed by atoms with van der Waals surface area (Å²) in [6.45, 7) is 2.53. The normalized spacial score (nSPS) is 10.5. The molecule has 7 heteroatoms. The molecule has 0 spiro atoms. The summed E-state index contributed by atoms with van der Waals surface area (Å²) >= 11 is 17.1. The van der Waals surface area contributed by atoms with E-state index in [2.05, 4.69) is 10.6 Å². The smallest absolute Gasteiger partial charge is 0.250 e. The van der Waals surface area contributed by atoms with Gasteiger partial charge in [0.1, 0.15) is 5.75 Å². The van der Waals surface area contributed by atoms with Gasteiger partial charge >= 0.3 is 0 Å². The highest BCUT2D eigenvalue weighted by Crippen LogP contribution is 2.29. The predicted molar refractivity (Wildman–Crippen MR) is 107 cm³/mol. The number of ether oxygens (including phenoxy) is 1. The minimum absolute atomic E-state index is 0.130. The van der Waals surface area contributed by atoms with Crippen LogP contribution in [0.3, 0.4) is 0 Å². The molecule has 0 fully saturated rings. The quantitative estimate of drug-likeness (QED) is 0.558. The third-order valence-electron chi connectivity index (χ3n) is 3.05. The molecule has 0 unspecified atom stereocenters. The van der Waals surface area contributed by atoms with Crippen LogP contribution in [-0.4, -0.2) is 17.6 Å². The summed E-state index contributed by atoms with van der Waals surface area (Å²) in [6.07, 6.45) is 3.07. The van der Waals surface area contributed by atoms with Crippen LogP contribution in [0.25, 0.3) is 6.08 Å². The molecule has 2 aromatic carbocycles. The maximum Gasteiger partial charge on any atom is 0.250 e. The van der Waals surface area contributed by atoms with Gasteiger partial charge in [0.25, 0.3) is 0 Å². The summed E-state index contributed by atoms with van der Waals surface area (Å²) in [7, 11) is 0. The molecule has 0 aliphatic rings. The molecule has 0 aliphatic carbocycles. The summed E-state index contributed by atoms with van der Waals surface area (Å²) in [5.74, 6) is 0.428. The van der Waals surface area contributed by atoms with E-state index in [4.69, 9.17) is 40.2 Å². The number of nitrogens with one attached hydrogen (secondary N) is 2. The summed E-state index contributed by atoms with van der Waals surface area (Å²) in [5.41, 5.74) is 1.39. The zero-order chi connectivity index (χ0) is 18.2. The average molecular weight is 395 g/mol. The number of benzene rings is 2. The number of amides is 1. The van der Waals surface area contributed by atoms with Crippen LogP contribution in [0, 0.1) is 0 Å². The average Bonchev–Trinajstić information content (AvgIpc) is 2.58. The topological polar surface area (TPSA) is 50.4 Å². The lowest BCUT2D eigenvalue weighted by molar-refractivity contribution is -0.115. The van der Waals surface area contributed by atoms with Crippen LogP contribution >= 0.6 is 35.4 Å². The number of carbonyl (C=O) groups excluding carboxylic acids is 1. The summed E-state index contributed by atoms with van der Waals surface area (Å²) in [5, 5.41) is 6.25. The van der Waals surface area contributed by atoms with E-state index < -0.39 is 0 Å². The van der Waals surface area contributed by atoms with Gasteiger partial charge in [0.2, 0.25) is 5.91 Å². The lowest BCUT2D eigenvalue weighted by Gasteiger charge is -2.10. The number of anilines is 1. The second-order valence-corrected chi connectivity index (χ2v) is 6.07. The minimum Gasteiger partial charge on any atom is -0.494 e. The van der Waals surface area contributed by atoms with Gasteiger partial charge < -0.3 is 10.1 Å². The number of halogens is 2. The maximum atomic E-state index is 11.9. The highest BCUT2D eigenvalue weighted by Gasteiger charge is 2.07. The first-order valence-electron chi connectivity index (χ1n) is 7.46. The lowest BCUT2D eigenvalue weighted by atomic mass is 10.2. The Morgan fingerprint density at radius 2 is 1.92 bits per heavy atom. The van der Waals surface area contributed by atoms with E-state index in [1.807, 2.05) is 31.2 Å². The molecule has 2 N–H and O–H groups in total. The van der Waals surface area contributed by atoms with Gasteiger partial charge in [-0.2, -0.15) is 0 Å². The Bertz CT molecular complexity index is 792. The number of carbonyl (C=O) groups is 1. The molecule has 0 aromatic heterocycles. The second-order valence-electron chi connectivity index (χ2n) is 4.88. The van der Waals surface area contributed by atoms with Crippen molar-refractivity contribution in [1.29, 1.82) is 0 Å². The van der Waals surface area contributed by atoms with Crippen molar-refractivity contribution in [3.63, 3.8) is 0 Å². The lowest BCUT2D eigenvalue weighted by Crippen LogP contribution is -2.32. The molecule has 4 nitrogen and oxygen atoms in total. The molecule has 2 aromatic rings. The third-order valence-corrected chi connectivity index (χ3v) is 4.08. The Balaban J connectivity index is 1.90. The third kappa shape index (κ3) is 6.05. The van der Waals surface area contributed by atoms with Gasteiger partial charge in [-0.15, -0.1) is 0 Å². The minimum atomic E-state index is -0.357. The number of thiocarbonyl (C=S) groups is 1. The van der Waals surface area contributed by atoms with Gasteiger partial charge in [0.05, 0.1) is 22.3 Å². The zero-order valence-electron chi connectivity index (χ0n) is 13.4. The fourth-order valence-electron chi connectivity index (χ4n) is 1.92. The van der Waals surface area contributed by atoms with E-state index in [1.165, 1.54) is 6.08 Å². The van der Waals surface area contributed by atoms with Crippen molar-refractivity contribution in [2.24, 2.45) is 0 Å². The molecule has 1 amide bonds. The van der Waals surface area contributed by atoms with Crippen molar-refractivity contribution < 1.29 is 9.53 Å². The van der Waals surface area contributed by atoms with Crippen molar-refractivity contribution in [3.8, 4) is 5.75 Å². The summed E-state index contributed by atoms with van der Waals surface area (Å²) in [4.78, 5) is 11.9. The molecule has 25 heavy (non-hydrogen) atoms. The first-order chi connectivity index (χ1) is 12.0. The zero-order valence-corrected chi connectivity index (χ0v) is 15.7. The Hall–Kier alpha value is -2.08. The van der Waals surface area contributed by atoms with Crippen LogP contribution in [0.15, 0.2) is 48.5 Å². The van der Waals surface area contributed by atoms with Gasteiger partial charge in [-0.05, 0) is 55.0 Å². The van der Waals surface area contributed by atoms with Crippen LogP contribution in [0.1, 0.15) is 12.5 Å². The Kier molecular flexibility index (Phi) is 7.25. The number of hydrogen-bond acceptors (Lipinski definition) is 3. The Morgan fingerprint density at radius 1 is 1.20 bits per heavy atom. The number of rotatable bonds is 5. The SMILES string of the molecule is CCOc1ccc(/C=C/C(=O)NC(=S)Nc2cccc(Cl)c2Cl)cc1. The van der Waals surface area contributed by atoms with Gasteiger partial charge in [-0.3, -0.25) is 10.1 Å². The molecule has 0 atom stereocenters. The highest BCUT2D eigenvalue weighted by atomic mass is 35.5. The highest BCUT2D eigenvalue weighted by molar-refractivity contribution is 7.80. The standard InChI is InChI=1S/C18H16Cl2N2O2S/c1-2-24-13-9-6-12(7-10-13)8-11-16(23)22-18(25)21-15-5-3-4-14(19)17(15)20/h3-11H,2H2,1H3,(H2,21,22,23,25)/b11-8+. The van der Waals surface area contributed by atoms with E-state index in [0.29, 0.717) is 22.3 Å². The first kappa shape index (κ1) is 19.2. The van der Waals surface area contributed by atoms with Gasteiger partial charge in [-0.25, -0.2) is 0 Å². The van der Waals surface area contributed by atoms with Crippen molar-refractivity contribution >= 4 is 58.2 Å². The largest absolute Gasteiger partial charge is 0.494 e. The van der Waals surface area contributed by atoms with Gasteiger partial charge in [0, 0.05) is 6.08 Å². The molecule has 2 rings (SSSR count). The van der Waals surface area contributed by atoms with Gasteiger partial charge in [-0.1, -0.05) is 41.4 Å². The van der Waals surface area contributed by atoms with Crippen molar-refractivity contribution in [3.05, 3.63) is 64.1 Å².